The lowest BCUT2D eigenvalue weighted by atomic mass is 10.1. The molecule has 1 aliphatic rings. The number of carbonyl (C=O) groups is 1. The first-order valence-electron chi connectivity index (χ1n) is 3.81. The van der Waals surface area contributed by atoms with E-state index in [0.29, 0.717) is 18.8 Å². The molecule has 0 spiro atoms. The van der Waals surface area contributed by atoms with Crippen molar-refractivity contribution in [1.82, 2.24) is 15.1 Å². The predicted octanol–water partition coefficient (Wildman–Crippen LogP) is -0.807. The Labute approximate surface area is 69.5 Å². The first kappa shape index (κ1) is 7.30. The maximum atomic E-state index is 11.4. The van der Waals surface area contributed by atoms with Crippen molar-refractivity contribution in [2.45, 2.75) is 6.04 Å². The molecule has 1 aromatic rings. The third-order valence-electron chi connectivity index (χ3n) is 1.93. The van der Waals surface area contributed by atoms with Crippen LogP contribution >= 0.6 is 0 Å². The summed E-state index contributed by atoms with van der Waals surface area (Å²) in [6, 6.07) is 1.81. The van der Waals surface area contributed by atoms with Crippen LogP contribution in [0.25, 0.3) is 0 Å². The Morgan fingerprint density at radius 1 is 1.75 bits per heavy atom. The molecule has 0 saturated carbocycles. The number of hydrogen-bond donors (Lipinski definition) is 2. The standard InChI is InChI=1S/C7H10N4O/c8-5-3-11(4-5)7(12)6-1-2-9-10-6/h1-2,5H,3-4,8H2,(H,9,10). The van der Waals surface area contributed by atoms with E-state index < -0.39 is 0 Å². The molecule has 0 bridgehead atoms. The molecule has 64 valence electrons. The summed E-state index contributed by atoms with van der Waals surface area (Å²) in [5.74, 6) is -0.0193. The fourth-order valence-corrected chi connectivity index (χ4v) is 1.22. The minimum Gasteiger partial charge on any atom is -0.334 e. The molecule has 1 aliphatic heterocycles. The monoisotopic (exact) mass is 166 g/mol. The summed E-state index contributed by atoms with van der Waals surface area (Å²) in [5, 5.41) is 6.32. The lowest BCUT2D eigenvalue weighted by molar-refractivity contribution is 0.0602. The third kappa shape index (κ3) is 1.08. The lowest BCUT2D eigenvalue weighted by Gasteiger charge is -2.36. The van der Waals surface area contributed by atoms with E-state index in [1.54, 1.807) is 17.2 Å². The Kier molecular flexibility index (Phi) is 1.58. The minimum atomic E-state index is -0.0193. The number of likely N-dealkylation sites (tertiary alicyclic amines) is 1. The third-order valence-corrected chi connectivity index (χ3v) is 1.93. The quantitative estimate of drug-likeness (QED) is 0.573. The second kappa shape index (κ2) is 2.60. The van der Waals surface area contributed by atoms with Crippen molar-refractivity contribution in [1.29, 1.82) is 0 Å². The first-order valence-corrected chi connectivity index (χ1v) is 3.81. The highest BCUT2D eigenvalue weighted by Crippen LogP contribution is 2.09. The van der Waals surface area contributed by atoms with E-state index >= 15 is 0 Å². The van der Waals surface area contributed by atoms with Gasteiger partial charge in [0.25, 0.3) is 5.91 Å². The molecule has 2 rings (SSSR count). The largest absolute Gasteiger partial charge is 0.334 e. The highest BCUT2D eigenvalue weighted by Gasteiger charge is 2.28. The molecule has 0 unspecified atom stereocenters. The summed E-state index contributed by atoms with van der Waals surface area (Å²) in [6.07, 6.45) is 1.56. The van der Waals surface area contributed by atoms with Gasteiger partial charge in [-0.15, -0.1) is 0 Å². The molecule has 1 saturated heterocycles. The van der Waals surface area contributed by atoms with Crippen LogP contribution in [0.15, 0.2) is 12.3 Å². The van der Waals surface area contributed by atoms with Gasteiger partial charge in [0.05, 0.1) is 0 Å². The van der Waals surface area contributed by atoms with Crippen LogP contribution in [0.5, 0.6) is 0 Å². The Hall–Kier alpha value is -1.36. The van der Waals surface area contributed by atoms with Crippen molar-refractivity contribution in [2.75, 3.05) is 13.1 Å². The molecular weight excluding hydrogens is 156 g/mol. The molecule has 1 aromatic heterocycles. The van der Waals surface area contributed by atoms with Crippen molar-refractivity contribution in [3.8, 4) is 0 Å². The van der Waals surface area contributed by atoms with Crippen LogP contribution in [-0.4, -0.2) is 40.1 Å². The number of aromatic nitrogens is 2. The van der Waals surface area contributed by atoms with Crippen LogP contribution in [0.3, 0.4) is 0 Å². The van der Waals surface area contributed by atoms with Gasteiger partial charge in [0.15, 0.2) is 0 Å². The van der Waals surface area contributed by atoms with Crippen LogP contribution in [0.2, 0.25) is 0 Å². The Bertz CT molecular complexity index is 276. The molecule has 0 atom stereocenters. The zero-order chi connectivity index (χ0) is 8.55. The second-order valence-corrected chi connectivity index (χ2v) is 2.94. The topological polar surface area (TPSA) is 75.0 Å². The molecule has 0 aliphatic carbocycles. The number of hydrogen-bond acceptors (Lipinski definition) is 3. The highest BCUT2D eigenvalue weighted by atomic mass is 16.2. The summed E-state index contributed by atoms with van der Waals surface area (Å²) in [5.41, 5.74) is 6.07. The number of rotatable bonds is 1. The molecule has 2 heterocycles. The van der Waals surface area contributed by atoms with Crippen LogP contribution in [-0.2, 0) is 0 Å². The Morgan fingerprint density at radius 2 is 2.50 bits per heavy atom. The van der Waals surface area contributed by atoms with Gasteiger partial charge < -0.3 is 10.6 Å². The zero-order valence-corrected chi connectivity index (χ0v) is 6.53. The van der Waals surface area contributed by atoms with E-state index in [1.807, 2.05) is 0 Å². The van der Waals surface area contributed by atoms with E-state index in [4.69, 9.17) is 5.73 Å². The maximum Gasteiger partial charge on any atom is 0.271 e. The predicted molar refractivity (Wildman–Crippen MR) is 42.5 cm³/mol. The Balaban J connectivity index is 2.03. The smallest absolute Gasteiger partial charge is 0.271 e. The Morgan fingerprint density at radius 3 is 3.00 bits per heavy atom. The maximum absolute atomic E-state index is 11.4. The number of nitrogens with zero attached hydrogens (tertiary/aromatic N) is 2. The first-order chi connectivity index (χ1) is 5.77. The van der Waals surface area contributed by atoms with Gasteiger partial charge in [-0.05, 0) is 6.07 Å². The molecule has 3 N–H and O–H groups in total. The van der Waals surface area contributed by atoms with E-state index in [1.165, 1.54) is 0 Å². The van der Waals surface area contributed by atoms with Crippen LogP contribution in [0.4, 0.5) is 0 Å². The summed E-state index contributed by atoms with van der Waals surface area (Å²) in [7, 11) is 0. The summed E-state index contributed by atoms with van der Waals surface area (Å²) in [4.78, 5) is 13.1. The summed E-state index contributed by atoms with van der Waals surface area (Å²) in [6.45, 7) is 1.30. The van der Waals surface area contributed by atoms with Crippen LogP contribution in [0.1, 0.15) is 10.5 Å². The average molecular weight is 166 g/mol. The molecule has 0 aromatic carbocycles. The van der Waals surface area contributed by atoms with E-state index in [-0.39, 0.29) is 11.9 Å². The number of amides is 1. The lowest BCUT2D eigenvalue weighted by Crippen LogP contribution is -2.57. The second-order valence-electron chi connectivity index (χ2n) is 2.94. The average Bonchev–Trinajstić information content (AvgIpc) is 2.49. The SMILES string of the molecule is NC1CN(C(=O)c2ccn[nH]2)C1. The van der Waals surface area contributed by atoms with Crippen molar-refractivity contribution in [3.05, 3.63) is 18.0 Å². The van der Waals surface area contributed by atoms with Gasteiger partial charge >= 0.3 is 0 Å². The van der Waals surface area contributed by atoms with Gasteiger partial charge in [-0.3, -0.25) is 9.89 Å². The van der Waals surface area contributed by atoms with E-state index in [9.17, 15) is 4.79 Å². The van der Waals surface area contributed by atoms with Gasteiger partial charge in [-0.1, -0.05) is 0 Å². The van der Waals surface area contributed by atoms with Gasteiger partial charge in [-0.25, -0.2) is 0 Å². The normalized spacial score (nSPS) is 17.6. The van der Waals surface area contributed by atoms with Gasteiger partial charge in [0.2, 0.25) is 0 Å². The van der Waals surface area contributed by atoms with Crippen molar-refractivity contribution in [3.63, 3.8) is 0 Å². The summed E-state index contributed by atoms with van der Waals surface area (Å²) < 4.78 is 0. The number of nitrogens with one attached hydrogen (secondary N) is 1. The zero-order valence-electron chi connectivity index (χ0n) is 6.53. The summed E-state index contributed by atoms with van der Waals surface area (Å²) >= 11 is 0. The molecule has 5 heteroatoms. The van der Waals surface area contributed by atoms with Crippen LogP contribution in [0, 0.1) is 0 Å². The molecule has 5 nitrogen and oxygen atoms in total. The molecule has 0 radical (unpaired) electrons. The molecule has 12 heavy (non-hydrogen) atoms. The molecule has 1 fully saturated rings. The molecular formula is C7H10N4O. The number of nitrogens with two attached hydrogens (primary N) is 1. The van der Waals surface area contributed by atoms with Gasteiger partial charge in [0.1, 0.15) is 5.69 Å². The number of H-pyrrole nitrogens is 1. The minimum absolute atomic E-state index is 0.0193. The van der Waals surface area contributed by atoms with Crippen molar-refractivity contribution in [2.24, 2.45) is 5.73 Å². The fourth-order valence-electron chi connectivity index (χ4n) is 1.22. The van der Waals surface area contributed by atoms with Crippen molar-refractivity contribution >= 4 is 5.91 Å². The van der Waals surface area contributed by atoms with E-state index in [0.717, 1.165) is 0 Å². The van der Waals surface area contributed by atoms with Crippen molar-refractivity contribution < 1.29 is 4.79 Å². The fraction of sp³-hybridized carbons (Fsp3) is 0.429. The van der Waals surface area contributed by atoms with E-state index in [2.05, 4.69) is 10.2 Å². The van der Waals surface area contributed by atoms with Gasteiger partial charge in [-0.2, -0.15) is 5.10 Å². The number of carbonyl (C=O) groups excluding carboxylic acids is 1. The highest BCUT2D eigenvalue weighted by molar-refractivity contribution is 5.92. The van der Waals surface area contributed by atoms with Gasteiger partial charge in [0, 0.05) is 25.3 Å². The van der Waals surface area contributed by atoms with Crippen LogP contribution < -0.4 is 5.73 Å². The molecule has 1 amide bonds. The number of aromatic amines is 1.